The molecule has 2 fully saturated rings. The lowest BCUT2D eigenvalue weighted by Gasteiger charge is -2.42. The third kappa shape index (κ3) is 4.76. The zero-order valence-corrected chi connectivity index (χ0v) is 14.3. The zero-order valence-electron chi connectivity index (χ0n) is 14.3. The van der Waals surface area contributed by atoms with Gasteiger partial charge in [0.25, 0.3) is 0 Å². The third-order valence-electron chi connectivity index (χ3n) is 4.75. The molecule has 7 heteroatoms. The Morgan fingerprint density at radius 1 is 1.24 bits per heavy atom. The lowest BCUT2D eigenvalue weighted by atomic mass is 9.93. The zero-order chi connectivity index (χ0) is 17.7. The number of rotatable bonds is 5. The van der Waals surface area contributed by atoms with Gasteiger partial charge in [0.15, 0.2) is 0 Å². The topological polar surface area (TPSA) is 62.2 Å². The van der Waals surface area contributed by atoms with Gasteiger partial charge in [-0.05, 0) is 17.7 Å². The number of nitrogens with zero attached hydrogens (tertiary/aromatic N) is 2. The first-order chi connectivity index (χ1) is 12.1. The molecule has 0 radical (unpaired) electrons. The molecule has 2 saturated heterocycles. The quantitative estimate of drug-likeness (QED) is 0.825. The van der Waals surface area contributed by atoms with Gasteiger partial charge in [-0.2, -0.15) is 0 Å². The van der Waals surface area contributed by atoms with Crippen LogP contribution in [0.25, 0.3) is 0 Å². The molecular weight excluding hydrogens is 327 g/mol. The van der Waals surface area contributed by atoms with Crippen LogP contribution in [-0.4, -0.2) is 85.6 Å². The minimum atomic E-state index is -0.808. The molecule has 1 atom stereocenters. The molecule has 2 aliphatic rings. The van der Waals surface area contributed by atoms with Crippen molar-refractivity contribution in [3.8, 4) is 0 Å². The van der Waals surface area contributed by atoms with E-state index in [2.05, 4.69) is 0 Å². The summed E-state index contributed by atoms with van der Waals surface area (Å²) in [5.41, 5.74) is -0.0347. The van der Waals surface area contributed by atoms with E-state index in [9.17, 15) is 14.3 Å². The summed E-state index contributed by atoms with van der Waals surface area (Å²) in [6, 6.07) is 6.32. The van der Waals surface area contributed by atoms with E-state index in [0.29, 0.717) is 59.0 Å². The highest BCUT2D eigenvalue weighted by atomic mass is 19.1. The van der Waals surface area contributed by atoms with Crippen LogP contribution in [0, 0.1) is 5.82 Å². The number of amides is 1. The molecule has 0 bridgehead atoms. The van der Waals surface area contributed by atoms with Gasteiger partial charge in [-0.1, -0.05) is 12.1 Å². The fraction of sp³-hybridized carbons (Fsp3) is 0.611. The number of morpholine rings is 2. The second-order valence-electron chi connectivity index (χ2n) is 6.70. The second kappa shape index (κ2) is 8.23. The Labute approximate surface area is 147 Å². The van der Waals surface area contributed by atoms with E-state index >= 15 is 0 Å². The molecule has 1 N–H and O–H groups in total. The predicted octanol–water partition coefficient (Wildman–Crippen LogP) is 0.290. The summed E-state index contributed by atoms with van der Waals surface area (Å²) >= 11 is 0. The summed E-state index contributed by atoms with van der Waals surface area (Å²) in [6.07, 6.45) is 0.406. The van der Waals surface area contributed by atoms with Crippen LogP contribution < -0.4 is 0 Å². The Balaban J connectivity index is 1.62. The first-order valence-electron chi connectivity index (χ1n) is 8.67. The van der Waals surface area contributed by atoms with E-state index in [1.54, 1.807) is 6.07 Å². The summed E-state index contributed by atoms with van der Waals surface area (Å²) in [5.74, 6) is -0.233. The Bertz CT molecular complexity index is 594. The maximum Gasteiger partial charge on any atom is 0.236 e. The number of carbonyl (C=O) groups excluding carboxylic acids is 1. The molecule has 25 heavy (non-hydrogen) atoms. The van der Waals surface area contributed by atoms with Gasteiger partial charge in [0, 0.05) is 32.6 Å². The largest absolute Gasteiger partial charge is 0.393 e. The van der Waals surface area contributed by atoms with Crippen LogP contribution in [-0.2, 0) is 20.7 Å². The standard InChI is InChI=1S/C18H25FN2O4/c19-16-3-1-2-15(10-16)11-18(14-22)13-20(4-9-25-18)12-17(23)21-5-7-24-8-6-21/h1-3,10,22H,4-9,11-14H2/t18-/m1/s1. The third-order valence-corrected chi connectivity index (χ3v) is 4.75. The van der Waals surface area contributed by atoms with Gasteiger partial charge < -0.3 is 19.5 Å². The normalized spacial score (nSPS) is 25.1. The second-order valence-corrected chi connectivity index (χ2v) is 6.70. The van der Waals surface area contributed by atoms with Crippen molar-refractivity contribution in [1.82, 2.24) is 9.80 Å². The number of ether oxygens (including phenoxy) is 2. The number of hydrogen-bond donors (Lipinski definition) is 1. The average Bonchev–Trinajstić information content (AvgIpc) is 2.63. The van der Waals surface area contributed by atoms with Gasteiger partial charge in [-0.25, -0.2) is 4.39 Å². The Kier molecular flexibility index (Phi) is 6.01. The average molecular weight is 352 g/mol. The smallest absolute Gasteiger partial charge is 0.236 e. The van der Waals surface area contributed by atoms with Gasteiger partial charge in [0.1, 0.15) is 11.4 Å². The van der Waals surface area contributed by atoms with Crippen LogP contribution in [0.1, 0.15) is 5.56 Å². The lowest BCUT2D eigenvalue weighted by molar-refractivity contribution is -0.149. The summed E-state index contributed by atoms with van der Waals surface area (Å²) < 4.78 is 24.6. The number of hydrogen-bond acceptors (Lipinski definition) is 5. The first kappa shape index (κ1) is 18.3. The summed E-state index contributed by atoms with van der Waals surface area (Å²) in [4.78, 5) is 16.3. The monoisotopic (exact) mass is 352 g/mol. The van der Waals surface area contributed by atoms with E-state index in [0.717, 1.165) is 5.56 Å². The van der Waals surface area contributed by atoms with Crippen LogP contribution in [0.4, 0.5) is 4.39 Å². The molecule has 1 aromatic carbocycles. The molecule has 1 amide bonds. The van der Waals surface area contributed by atoms with Crippen LogP contribution >= 0.6 is 0 Å². The summed E-state index contributed by atoms with van der Waals surface area (Å²) in [5, 5.41) is 9.92. The van der Waals surface area contributed by atoms with Crippen molar-refractivity contribution >= 4 is 5.91 Å². The maximum atomic E-state index is 13.4. The Morgan fingerprint density at radius 2 is 2.04 bits per heavy atom. The van der Waals surface area contributed by atoms with Gasteiger partial charge >= 0.3 is 0 Å². The van der Waals surface area contributed by atoms with Crippen molar-refractivity contribution in [2.24, 2.45) is 0 Å². The molecule has 0 saturated carbocycles. The van der Waals surface area contributed by atoms with Crippen LogP contribution in [0.2, 0.25) is 0 Å². The fourth-order valence-corrected chi connectivity index (χ4v) is 3.44. The predicted molar refractivity (Wildman–Crippen MR) is 89.7 cm³/mol. The van der Waals surface area contributed by atoms with Crippen molar-refractivity contribution < 1.29 is 23.8 Å². The van der Waals surface area contributed by atoms with E-state index < -0.39 is 5.60 Å². The lowest BCUT2D eigenvalue weighted by Crippen LogP contribution is -2.57. The van der Waals surface area contributed by atoms with E-state index in [1.807, 2.05) is 15.9 Å². The Hall–Kier alpha value is -1.54. The highest BCUT2D eigenvalue weighted by Gasteiger charge is 2.37. The molecule has 0 unspecified atom stereocenters. The van der Waals surface area contributed by atoms with Crippen molar-refractivity contribution in [2.75, 3.05) is 59.2 Å². The number of halogens is 1. The number of benzene rings is 1. The van der Waals surface area contributed by atoms with Gasteiger partial charge in [0.2, 0.25) is 5.91 Å². The van der Waals surface area contributed by atoms with Crippen LogP contribution in [0.3, 0.4) is 0 Å². The number of aliphatic hydroxyl groups is 1. The molecule has 138 valence electrons. The molecule has 3 rings (SSSR count). The van der Waals surface area contributed by atoms with Gasteiger partial charge in [-0.15, -0.1) is 0 Å². The molecule has 0 spiro atoms. The number of carbonyl (C=O) groups is 1. The van der Waals surface area contributed by atoms with Crippen molar-refractivity contribution in [2.45, 2.75) is 12.0 Å². The molecule has 1 aromatic rings. The minimum absolute atomic E-state index is 0.0720. The summed E-state index contributed by atoms with van der Waals surface area (Å²) in [7, 11) is 0. The van der Waals surface area contributed by atoms with Gasteiger partial charge in [0.05, 0.1) is 33.0 Å². The maximum absolute atomic E-state index is 13.4. The minimum Gasteiger partial charge on any atom is -0.393 e. The Morgan fingerprint density at radius 3 is 2.76 bits per heavy atom. The van der Waals surface area contributed by atoms with E-state index in [1.165, 1.54) is 12.1 Å². The first-order valence-corrected chi connectivity index (χ1v) is 8.67. The molecule has 6 nitrogen and oxygen atoms in total. The van der Waals surface area contributed by atoms with Gasteiger partial charge in [-0.3, -0.25) is 9.69 Å². The highest BCUT2D eigenvalue weighted by Crippen LogP contribution is 2.23. The molecule has 0 aliphatic carbocycles. The molecule has 2 aliphatic heterocycles. The summed E-state index contributed by atoms with van der Waals surface area (Å²) in [6.45, 7) is 4.04. The van der Waals surface area contributed by atoms with Crippen molar-refractivity contribution in [3.63, 3.8) is 0 Å². The van der Waals surface area contributed by atoms with Crippen LogP contribution in [0.5, 0.6) is 0 Å². The highest BCUT2D eigenvalue weighted by molar-refractivity contribution is 5.78. The SMILES string of the molecule is O=C(CN1CCO[C@](CO)(Cc2cccc(F)c2)C1)N1CCOCC1. The molecular formula is C18H25FN2O4. The van der Waals surface area contributed by atoms with Crippen LogP contribution in [0.15, 0.2) is 24.3 Å². The van der Waals surface area contributed by atoms with E-state index in [4.69, 9.17) is 9.47 Å². The molecule has 2 heterocycles. The van der Waals surface area contributed by atoms with Crippen molar-refractivity contribution in [1.29, 1.82) is 0 Å². The fourth-order valence-electron chi connectivity index (χ4n) is 3.44. The number of aliphatic hydroxyl groups excluding tert-OH is 1. The van der Waals surface area contributed by atoms with Crippen molar-refractivity contribution in [3.05, 3.63) is 35.6 Å². The molecule has 0 aromatic heterocycles. The van der Waals surface area contributed by atoms with E-state index in [-0.39, 0.29) is 18.3 Å².